The molecule has 24 heavy (non-hydrogen) atoms. The summed E-state index contributed by atoms with van der Waals surface area (Å²) in [5.74, 6) is -0.102. The first kappa shape index (κ1) is 18.7. The van der Waals surface area contributed by atoms with Gasteiger partial charge >= 0.3 is 0 Å². The smallest absolute Gasteiger partial charge is 0.247 e. The Balaban J connectivity index is 1.87. The number of hydrogen-bond donors (Lipinski definition) is 1. The van der Waals surface area contributed by atoms with E-state index in [0.29, 0.717) is 23.4 Å². The van der Waals surface area contributed by atoms with E-state index in [1.54, 1.807) is 19.1 Å². The standard InChI is InChI=1S/C15H19BrN2O5S/c1-2-18(15(20)6-4-12-3-5-13(16)23-12)9-14(19)17-11-7-8-24(21,22)10-11/h3-6,11H,2,7-10H2,1H3,(H,17,19)/b6-4+. The third kappa shape index (κ3) is 5.48. The van der Waals surface area contributed by atoms with Crippen LogP contribution in [0.25, 0.3) is 6.08 Å². The molecule has 2 heterocycles. The summed E-state index contributed by atoms with van der Waals surface area (Å²) >= 11 is 3.17. The highest BCUT2D eigenvalue weighted by molar-refractivity contribution is 9.10. The van der Waals surface area contributed by atoms with Crippen LogP contribution in [-0.4, -0.2) is 55.8 Å². The van der Waals surface area contributed by atoms with Crippen molar-refractivity contribution >= 4 is 43.7 Å². The van der Waals surface area contributed by atoms with Gasteiger partial charge in [-0.15, -0.1) is 0 Å². The lowest BCUT2D eigenvalue weighted by atomic mass is 10.2. The first-order chi connectivity index (χ1) is 11.3. The van der Waals surface area contributed by atoms with Gasteiger partial charge < -0.3 is 14.6 Å². The van der Waals surface area contributed by atoms with Crippen LogP contribution >= 0.6 is 15.9 Å². The number of likely N-dealkylation sites (N-methyl/N-ethyl adjacent to an activating group) is 1. The van der Waals surface area contributed by atoms with E-state index in [2.05, 4.69) is 21.2 Å². The van der Waals surface area contributed by atoms with Gasteiger partial charge in [0, 0.05) is 18.7 Å². The van der Waals surface area contributed by atoms with Gasteiger partial charge in [0.1, 0.15) is 5.76 Å². The SMILES string of the molecule is CCN(CC(=O)NC1CCS(=O)(=O)C1)C(=O)/C=C/c1ccc(Br)o1. The molecular weight excluding hydrogens is 400 g/mol. The van der Waals surface area contributed by atoms with E-state index in [4.69, 9.17) is 4.42 Å². The van der Waals surface area contributed by atoms with Crippen LogP contribution in [-0.2, 0) is 19.4 Å². The zero-order valence-corrected chi connectivity index (χ0v) is 15.6. The van der Waals surface area contributed by atoms with Crippen molar-refractivity contribution in [3.05, 3.63) is 28.6 Å². The number of sulfone groups is 1. The first-order valence-corrected chi connectivity index (χ1v) is 10.1. The van der Waals surface area contributed by atoms with Crippen LogP contribution in [0.1, 0.15) is 19.1 Å². The Morgan fingerprint density at radius 1 is 1.46 bits per heavy atom. The molecule has 1 saturated heterocycles. The number of nitrogens with zero attached hydrogens (tertiary/aromatic N) is 1. The second-order valence-corrected chi connectivity index (χ2v) is 8.51. The lowest BCUT2D eigenvalue weighted by molar-refractivity contribution is -0.132. The number of amides is 2. The van der Waals surface area contributed by atoms with Crippen molar-refractivity contribution in [3.8, 4) is 0 Å². The third-order valence-electron chi connectivity index (χ3n) is 3.61. The average Bonchev–Trinajstić information content (AvgIpc) is 3.07. The zero-order chi connectivity index (χ0) is 17.7. The van der Waals surface area contributed by atoms with E-state index >= 15 is 0 Å². The van der Waals surface area contributed by atoms with Gasteiger partial charge in [0.2, 0.25) is 11.8 Å². The lowest BCUT2D eigenvalue weighted by Gasteiger charge is -2.20. The average molecular weight is 419 g/mol. The van der Waals surface area contributed by atoms with Crippen molar-refractivity contribution in [1.29, 1.82) is 0 Å². The monoisotopic (exact) mass is 418 g/mol. The minimum absolute atomic E-state index is 0.0356. The van der Waals surface area contributed by atoms with Crippen molar-refractivity contribution < 1.29 is 22.4 Å². The van der Waals surface area contributed by atoms with E-state index < -0.39 is 9.84 Å². The van der Waals surface area contributed by atoms with E-state index in [1.165, 1.54) is 17.1 Å². The summed E-state index contributed by atoms with van der Waals surface area (Å²) in [7, 11) is -3.05. The van der Waals surface area contributed by atoms with Crippen LogP contribution in [0.4, 0.5) is 0 Å². The second kappa shape index (κ2) is 7.98. The van der Waals surface area contributed by atoms with Crippen LogP contribution in [0, 0.1) is 0 Å². The summed E-state index contributed by atoms with van der Waals surface area (Å²) in [4.78, 5) is 25.5. The number of hydrogen-bond acceptors (Lipinski definition) is 5. The van der Waals surface area contributed by atoms with E-state index in [9.17, 15) is 18.0 Å². The van der Waals surface area contributed by atoms with Crippen molar-refractivity contribution in [2.75, 3.05) is 24.6 Å². The number of nitrogens with one attached hydrogen (secondary N) is 1. The molecule has 1 aliphatic rings. The summed E-state index contributed by atoms with van der Waals surface area (Å²) in [6.45, 7) is 2.02. The summed E-state index contributed by atoms with van der Waals surface area (Å²) in [6.07, 6.45) is 3.28. The van der Waals surface area contributed by atoms with Gasteiger partial charge in [-0.05, 0) is 47.5 Å². The van der Waals surface area contributed by atoms with Gasteiger partial charge in [0.05, 0.1) is 18.1 Å². The normalized spacial score (nSPS) is 19.5. The van der Waals surface area contributed by atoms with E-state index in [1.807, 2.05) is 0 Å². The first-order valence-electron chi connectivity index (χ1n) is 7.51. The molecule has 0 radical (unpaired) electrons. The molecule has 0 bridgehead atoms. The van der Waals surface area contributed by atoms with Crippen LogP contribution in [0.5, 0.6) is 0 Å². The number of halogens is 1. The molecule has 1 aromatic rings. The molecule has 1 aliphatic heterocycles. The molecule has 0 spiro atoms. The largest absolute Gasteiger partial charge is 0.450 e. The molecule has 0 saturated carbocycles. The molecular formula is C15H19BrN2O5S. The van der Waals surface area contributed by atoms with Gasteiger partial charge in [-0.25, -0.2) is 8.42 Å². The molecule has 0 aromatic carbocycles. The Hall–Kier alpha value is -1.61. The summed E-state index contributed by atoms with van der Waals surface area (Å²) in [6, 6.07) is 3.05. The molecule has 0 aliphatic carbocycles. The molecule has 2 amide bonds. The van der Waals surface area contributed by atoms with Gasteiger partial charge in [-0.1, -0.05) is 0 Å². The Labute approximate surface area is 149 Å². The fraction of sp³-hybridized carbons (Fsp3) is 0.467. The molecule has 1 N–H and O–H groups in total. The fourth-order valence-electron chi connectivity index (χ4n) is 2.38. The fourth-order valence-corrected chi connectivity index (χ4v) is 4.37. The van der Waals surface area contributed by atoms with Crippen molar-refractivity contribution in [2.24, 2.45) is 0 Å². The number of carbonyl (C=O) groups is 2. The number of furan rings is 1. The molecule has 132 valence electrons. The summed E-state index contributed by atoms with van der Waals surface area (Å²) in [5.41, 5.74) is 0. The highest BCUT2D eigenvalue weighted by Gasteiger charge is 2.29. The van der Waals surface area contributed by atoms with Gasteiger partial charge in [-0.2, -0.15) is 0 Å². The Morgan fingerprint density at radius 2 is 2.21 bits per heavy atom. The minimum atomic E-state index is -3.05. The molecule has 1 unspecified atom stereocenters. The predicted octanol–water partition coefficient (Wildman–Crippen LogP) is 1.21. The van der Waals surface area contributed by atoms with E-state index in [0.717, 1.165) is 0 Å². The zero-order valence-electron chi connectivity index (χ0n) is 13.2. The maximum atomic E-state index is 12.1. The Morgan fingerprint density at radius 3 is 2.75 bits per heavy atom. The lowest BCUT2D eigenvalue weighted by Crippen LogP contribution is -2.44. The van der Waals surface area contributed by atoms with Crippen LogP contribution in [0.2, 0.25) is 0 Å². The van der Waals surface area contributed by atoms with Gasteiger partial charge in [0.25, 0.3) is 0 Å². The Bertz CT molecular complexity index is 741. The minimum Gasteiger partial charge on any atom is -0.450 e. The highest BCUT2D eigenvalue weighted by Crippen LogP contribution is 2.15. The number of rotatable bonds is 6. The summed E-state index contributed by atoms with van der Waals surface area (Å²) < 4.78 is 28.6. The predicted molar refractivity (Wildman–Crippen MR) is 92.9 cm³/mol. The van der Waals surface area contributed by atoms with Gasteiger partial charge in [0.15, 0.2) is 14.5 Å². The molecule has 1 atom stereocenters. The van der Waals surface area contributed by atoms with Gasteiger partial charge in [-0.3, -0.25) is 9.59 Å². The second-order valence-electron chi connectivity index (χ2n) is 5.50. The molecule has 7 nitrogen and oxygen atoms in total. The van der Waals surface area contributed by atoms with Crippen LogP contribution in [0.15, 0.2) is 27.3 Å². The maximum absolute atomic E-state index is 12.1. The molecule has 1 aromatic heterocycles. The summed E-state index contributed by atoms with van der Waals surface area (Å²) in [5, 5.41) is 2.67. The van der Waals surface area contributed by atoms with Crippen molar-refractivity contribution in [3.63, 3.8) is 0 Å². The topological polar surface area (TPSA) is 96.7 Å². The quantitative estimate of drug-likeness (QED) is 0.700. The van der Waals surface area contributed by atoms with Crippen LogP contribution in [0.3, 0.4) is 0 Å². The molecule has 1 fully saturated rings. The van der Waals surface area contributed by atoms with Crippen molar-refractivity contribution in [2.45, 2.75) is 19.4 Å². The third-order valence-corrected chi connectivity index (χ3v) is 5.80. The van der Waals surface area contributed by atoms with Crippen molar-refractivity contribution in [1.82, 2.24) is 10.2 Å². The van der Waals surface area contributed by atoms with Crippen LogP contribution < -0.4 is 5.32 Å². The number of carbonyl (C=O) groups excluding carboxylic acids is 2. The Kier molecular flexibility index (Phi) is 6.22. The van der Waals surface area contributed by atoms with E-state index in [-0.39, 0.29) is 35.9 Å². The maximum Gasteiger partial charge on any atom is 0.247 e. The molecule has 2 rings (SSSR count). The highest BCUT2D eigenvalue weighted by atomic mass is 79.9. The molecule has 9 heteroatoms.